The van der Waals surface area contributed by atoms with Gasteiger partial charge in [-0.2, -0.15) is 0 Å². The van der Waals surface area contributed by atoms with E-state index in [1.54, 1.807) is 6.07 Å². The van der Waals surface area contributed by atoms with E-state index < -0.39 is 24.7 Å². The lowest BCUT2D eigenvalue weighted by Crippen LogP contribution is -2.15. The second kappa shape index (κ2) is 6.55. The Bertz CT molecular complexity index is 322. The zero-order valence-electron chi connectivity index (χ0n) is 7.59. The summed E-state index contributed by atoms with van der Waals surface area (Å²) in [6, 6.07) is 3.35. The van der Waals surface area contributed by atoms with Crippen LogP contribution in [0.15, 0.2) is 18.2 Å². The molecule has 0 saturated carbocycles. The molecular formula is C9H10ClF3IN. The topological polar surface area (TPSA) is 26.0 Å². The largest absolute Gasteiger partial charge is 0.324 e. The van der Waals surface area contributed by atoms with E-state index in [2.05, 4.69) is 0 Å². The molecule has 0 amide bonds. The van der Waals surface area contributed by atoms with Gasteiger partial charge in [0.15, 0.2) is 0 Å². The van der Waals surface area contributed by atoms with Crippen LogP contribution in [0.25, 0.3) is 0 Å². The molecule has 1 rings (SSSR count). The summed E-state index contributed by atoms with van der Waals surface area (Å²) in [7, 11) is 0. The molecule has 15 heavy (non-hydrogen) atoms. The molecule has 1 aromatic rings. The van der Waals surface area contributed by atoms with Crippen molar-refractivity contribution in [3.8, 4) is 0 Å². The SMILES string of the molecule is Cl.N[C@@H](CC(F)F)c1cc(I)ccc1F. The third-order valence-corrected chi connectivity index (χ3v) is 2.46. The summed E-state index contributed by atoms with van der Waals surface area (Å²) in [4.78, 5) is 0. The fourth-order valence-corrected chi connectivity index (χ4v) is 1.63. The average Bonchev–Trinajstić information content (AvgIpc) is 2.08. The quantitative estimate of drug-likeness (QED) is 0.829. The van der Waals surface area contributed by atoms with Gasteiger partial charge in [0.05, 0.1) is 0 Å². The summed E-state index contributed by atoms with van der Waals surface area (Å²) in [6.07, 6.45) is -3.03. The number of rotatable bonds is 3. The molecular weight excluding hydrogens is 341 g/mol. The van der Waals surface area contributed by atoms with Crippen molar-refractivity contribution in [3.05, 3.63) is 33.1 Å². The van der Waals surface area contributed by atoms with Crippen molar-refractivity contribution in [2.45, 2.75) is 18.9 Å². The molecule has 0 aliphatic carbocycles. The molecule has 1 aromatic carbocycles. The second-order valence-electron chi connectivity index (χ2n) is 2.90. The van der Waals surface area contributed by atoms with Gasteiger partial charge in [-0.15, -0.1) is 12.4 Å². The van der Waals surface area contributed by atoms with Crippen LogP contribution in [0.4, 0.5) is 13.2 Å². The third-order valence-electron chi connectivity index (χ3n) is 1.79. The van der Waals surface area contributed by atoms with Crippen LogP contribution in [0.5, 0.6) is 0 Å². The molecule has 0 aromatic heterocycles. The molecule has 0 fully saturated rings. The average molecular weight is 352 g/mol. The molecule has 0 bridgehead atoms. The molecule has 0 aliphatic heterocycles. The van der Waals surface area contributed by atoms with Gasteiger partial charge in [0.25, 0.3) is 0 Å². The molecule has 0 radical (unpaired) electrons. The Morgan fingerprint density at radius 3 is 2.47 bits per heavy atom. The number of halogens is 5. The lowest BCUT2D eigenvalue weighted by Gasteiger charge is -2.12. The Hall–Kier alpha value is -0.0100. The first-order valence-corrected chi connectivity index (χ1v) is 5.07. The Morgan fingerprint density at radius 2 is 1.93 bits per heavy atom. The van der Waals surface area contributed by atoms with Crippen molar-refractivity contribution < 1.29 is 13.2 Å². The Kier molecular flexibility index (Phi) is 6.54. The number of hydrogen-bond donors (Lipinski definition) is 1. The van der Waals surface area contributed by atoms with Gasteiger partial charge in [-0.05, 0) is 40.8 Å². The van der Waals surface area contributed by atoms with Gasteiger partial charge in [-0.1, -0.05) is 0 Å². The zero-order chi connectivity index (χ0) is 10.7. The monoisotopic (exact) mass is 351 g/mol. The highest BCUT2D eigenvalue weighted by atomic mass is 127. The van der Waals surface area contributed by atoms with Crippen molar-refractivity contribution >= 4 is 35.0 Å². The first kappa shape index (κ1) is 15.0. The van der Waals surface area contributed by atoms with E-state index in [0.29, 0.717) is 0 Å². The number of benzene rings is 1. The van der Waals surface area contributed by atoms with Gasteiger partial charge in [0.1, 0.15) is 5.82 Å². The van der Waals surface area contributed by atoms with Crippen molar-refractivity contribution in [1.29, 1.82) is 0 Å². The van der Waals surface area contributed by atoms with Crippen LogP contribution in [-0.2, 0) is 0 Å². The van der Waals surface area contributed by atoms with Crippen LogP contribution in [-0.4, -0.2) is 6.43 Å². The van der Waals surface area contributed by atoms with Crippen LogP contribution in [0.1, 0.15) is 18.0 Å². The third kappa shape index (κ3) is 4.56. The van der Waals surface area contributed by atoms with Crippen molar-refractivity contribution in [3.63, 3.8) is 0 Å². The number of nitrogens with two attached hydrogens (primary N) is 1. The summed E-state index contributed by atoms with van der Waals surface area (Å²) in [6.45, 7) is 0. The van der Waals surface area contributed by atoms with E-state index >= 15 is 0 Å². The van der Waals surface area contributed by atoms with Gasteiger partial charge in [-0.3, -0.25) is 0 Å². The molecule has 0 unspecified atom stereocenters. The summed E-state index contributed by atoms with van der Waals surface area (Å²) in [5.41, 5.74) is 5.59. The maximum absolute atomic E-state index is 13.1. The summed E-state index contributed by atoms with van der Waals surface area (Å²) in [5, 5.41) is 0. The summed E-state index contributed by atoms with van der Waals surface area (Å²) in [5.74, 6) is -0.529. The minimum Gasteiger partial charge on any atom is -0.324 e. The van der Waals surface area contributed by atoms with Gasteiger partial charge in [-0.25, -0.2) is 13.2 Å². The normalized spacial score (nSPS) is 12.4. The Labute approximate surface area is 106 Å². The van der Waals surface area contributed by atoms with Crippen molar-refractivity contribution in [2.75, 3.05) is 0 Å². The van der Waals surface area contributed by atoms with E-state index in [-0.39, 0.29) is 18.0 Å². The molecule has 0 aliphatic rings. The molecule has 1 nitrogen and oxygen atoms in total. The van der Waals surface area contributed by atoms with E-state index in [1.165, 1.54) is 12.1 Å². The van der Waals surface area contributed by atoms with E-state index in [0.717, 1.165) is 3.57 Å². The van der Waals surface area contributed by atoms with Gasteiger partial charge in [0.2, 0.25) is 6.43 Å². The first-order chi connectivity index (χ1) is 6.50. The van der Waals surface area contributed by atoms with Gasteiger partial charge in [0, 0.05) is 21.6 Å². The number of hydrogen-bond acceptors (Lipinski definition) is 1. The van der Waals surface area contributed by atoms with Crippen LogP contribution >= 0.6 is 35.0 Å². The molecule has 0 saturated heterocycles. The van der Waals surface area contributed by atoms with Crippen LogP contribution in [0.2, 0.25) is 0 Å². The maximum Gasteiger partial charge on any atom is 0.240 e. The molecule has 86 valence electrons. The molecule has 1 atom stereocenters. The molecule has 0 heterocycles. The van der Waals surface area contributed by atoms with Gasteiger partial charge >= 0.3 is 0 Å². The lowest BCUT2D eigenvalue weighted by atomic mass is 10.0. The lowest BCUT2D eigenvalue weighted by molar-refractivity contribution is 0.128. The van der Waals surface area contributed by atoms with Crippen molar-refractivity contribution in [2.24, 2.45) is 5.73 Å². The van der Waals surface area contributed by atoms with E-state index in [9.17, 15) is 13.2 Å². The van der Waals surface area contributed by atoms with Crippen LogP contribution < -0.4 is 5.73 Å². The Balaban J connectivity index is 0.00000196. The van der Waals surface area contributed by atoms with Crippen molar-refractivity contribution in [1.82, 2.24) is 0 Å². The maximum atomic E-state index is 13.1. The summed E-state index contributed by atoms with van der Waals surface area (Å²) >= 11 is 1.98. The molecule has 6 heteroatoms. The second-order valence-corrected chi connectivity index (χ2v) is 4.14. The fraction of sp³-hybridized carbons (Fsp3) is 0.333. The van der Waals surface area contributed by atoms with E-state index in [1.807, 2.05) is 22.6 Å². The fourth-order valence-electron chi connectivity index (χ4n) is 1.12. The standard InChI is InChI=1S/C9H9F3IN.ClH/c10-7-2-1-5(13)3-6(7)8(14)4-9(11)12;/h1-3,8-9H,4,14H2;1H/t8-;/m0./s1. The number of alkyl halides is 2. The highest BCUT2D eigenvalue weighted by Crippen LogP contribution is 2.22. The molecule has 2 N–H and O–H groups in total. The zero-order valence-corrected chi connectivity index (χ0v) is 10.6. The van der Waals surface area contributed by atoms with Gasteiger partial charge < -0.3 is 5.73 Å². The van der Waals surface area contributed by atoms with Crippen LogP contribution in [0.3, 0.4) is 0 Å². The van der Waals surface area contributed by atoms with Crippen LogP contribution in [0, 0.1) is 9.39 Å². The van der Waals surface area contributed by atoms with E-state index in [4.69, 9.17) is 5.73 Å². The smallest absolute Gasteiger partial charge is 0.240 e. The first-order valence-electron chi connectivity index (χ1n) is 3.99. The predicted octanol–water partition coefficient (Wildman–Crippen LogP) is 3.51. The summed E-state index contributed by atoms with van der Waals surface area (Å²) < 4.78 is 37.9. The highest BCUT2D eigenvalue weighted by molar-refractivity contribution is 14.1. The minimum absolute atomic E-state index is 0. The Morgan fingerprint density at radius 1 is 1.33 bits per heavy atom. The highest BCUT2D eigenvalue weighted by Gasteiger charge is 2.16. The minimum atomic E-state index is -2.51. The molecule has 0 spiro atoms. The predicted molar refractivity (Wildman–Crippen MR) is 63.9 cm³/mol.